The highest BCUT2D eigenvalue weighted by molar-refractivity contribution is 7.98. The predicted octanol–water partition coefficient (Wildman–Crippen LogP) is 2.80. The number of benzene rings is 1. The average Bonchev–Trinajstić information content (AvgIpc) is 2.20. The topological polar surface area (TPSA) is 26.0 Å². The van der Waals surface area contributed by atoms with Gasteiger partial charge < -0.3 is 5.73 Å². The molecule has 0 aliphatic carbocycles. The lowest BCUT2D eigenvalue weighted by atomic mass is 10.2. The van der Waals surface area contributed by atoms with E-state index in [9.17, 15) is 4.39 Å². The molecule has 2 N–H and O–H groups in total. The Kier molecular flexibility index (Phi) is 4.98. The van der Waals surface area contributed by atoms with Gasteiger partial charge in [-0.1, -0.05) is 25.1 Å². The SMILES string of the molecule is CCC(N)CSCc1ccccc1F. The smallest absolute Gasteiger partial charge is 0.127 e. The highest BCUT2D eigenvalue weighted by atomic mass is 32.2. The van der Waals surface area contributed by atoms with Crippen LogP contribution in [-0.2, 0) is 5.75 Å². The van der Waals surface area contributed by atoms with Gasteiger partial charge in [-0.3, -0.25) is 0 Å². The Morgan fingerprint density at radius 1 is 1.43 bits per heavy atom. The van der Waals surface area contributed by atoms with Crippen molar-refractivity contribution < 1.29 is 4.39 Å². The Morgan fingerprint density at radius 2 is 2.14 bits per heavy atom. The fourth-order valence-corrected chi connectivity index (χ4v) is 2.16. The van der Waals surface area contributed by atoms with Crippen molar-refractivity contribution in [3.8, 4) is 0 Å². The largest absolute Gasteiger partial charge is 0.327 e. The third-order valence-electron chi connectivity index (χ3n) is 2.07. The van der Waals surface area contributed by atoms with Crippen LogP contribution in [-0.4, -0.2) is 11.8 Å². The summed E-state index contributed by atoms with van der Waals surface area (Å²) in [5.74, 6) is 1.48. The first-order valence-electron chi connectivity index (χ1n) is 4.80. The Balaban J connectivity index is 2.35. The quantitative estimate of drug-likeness (QED) is 0.814. The summed E-state index contributed by atoms with van der Waals surface area (Å²) in [5, 5.41) is 0. The first kappa shape index (κ1) is 11.5. The van der Waals surface area contributed by atoms with E-state index in [0.717, 1.165) is 17.7 Å². The molecule has 1 aromatic carbocycles. The summed E-state index contributed by atoms with van der Waals surface area (Å²) in [6.07, 6.45) is 0.976. The van der Waals surface area contributed by atoms with Crippen LogP contribution in [0.1, 0.15) is 18.9 Å². The molecule has 1 nitrogen and oxygen atoms in total. The lowest BCUT2D eigenvalue weighted by Gasteiger charge is -2.08. The third-order valence-corrected chi connectivity index (χ3v) is 3.25. The minimum Gasteiger partial charge on any atom is -0.327 e. The monoisotopic (exact) mass is 213 g/mol. The first-order valence-corrected chi connectivity index (χ1v) is 5.96. The first-order chi connectivity index (χ1) is 6.74. The molecule has 0 radical (unpaired) electrons. The maximum absolute atomic E-state index is 13.2. The van der Waals surface area contributed by atoms with E-state index >= 15 is 0 Å². The van der Waals surface area contributed by atoms with Gasteiger partial charge in [0.2, 0.25) is 0 Å². The van der Waals surface area contributed by atoms with Gasteiger partial charge in [-0.15, -0.1) is 0 Å². The van der Waals surface area contributed by atoms with Crippen LogP contribution < -0.4 is 5.73 Å². The van der Waals surface area contributed by atoms with E-state index in [1.165, 1.54) is 6.07 Å². The number of thioether (sulfide) groups is 1. The van der Waals surface area contributed by atoms with Crippen molar-refractivity contribution >= 4 is 11.8 Å². The molecule has 1 atom stereocenters. The molecular weight excluding hydrogens is 197 g/mol. The number of halogens is 1. The molecule has 0 saturated carbocycles. The van der Waals surface area contributed by atoms with Gasteiger partial charge in [-0.05, 0) is 18.1 Å². The van der Waals surface area contributed by atoms with E-state index < -0.39 is 0 Å². The van der Waals surface area contributed by atoms with Crippen LogP contribution >= 0.6 is 11.8 Å². The fourth-order valence-electron chi connectivity index (χ4n) is 1.05. The summed E-state index contributed by atoms with van der Waals surface area (Å²) >= 11 is 1.69. The lowest BCUT2D eigenvalue weighted by molar-refractivity contribution is 0.617. The molecule has 0 fully saturated rings. The van der Waals surface area contributed by atoms with Crippen LogP contribution in [0, 0.1) is 5.82 Å². The van der Waals surface area contributed by atoms with Gasteiger partial charge >= 0.3 is 0 Å². The molecule has 1 rings (SSSR count). The van der Waals surface area contributed by atoms with Gasteiger partial charge in [0.1, 0.15) is 5.82 Å². The second-order valence-electron chi connectivity index (χ2n) is 3.27. The minimum absolute atomic E-state index is 0.120. The molecule has 0 aromatic heterocycles. The number of nitrogens with two attached hydrogens (primary N) is 1. The van der Waals surface area contributed by atoms with Crippen molar-refractivity contribution in [2.75, 3.05) is 5.75 Å². The van der Waals surface area contributed by atoms with Crippen molar-refractivity contribution in [3.63, 3.8) is 0 Å². The number of rotatable bonds is 5. The van der Waals surface area contributed by atoms with Crippen molar-refractivity contribution in [2.24, 2.45) is 5.73 Å². The zero-order chi connectivity index (χ0) is 10.4. The normalized spacial score (nSPS) is 12.8. The van der Waals surface area contributed by atoms with E-state index in [1.54, 1.807) is 17.8 Å². The third kappa shape index (κ3) is 3.68. The van der Waals surface area contributed by atoms with Gasteiger partial charge in [0.05, 0.1) is 0 Å². The number of hydrogen-bond acceptors (Lipinski definition) is 2. The minimum atomic E-state index is -0.120. The van der Waals surface area contributed by atoms with Gasteiger partial charge in [-0.25, -0.2) is 4.39 Å². The van der Waals surface area contributed by atoms with E-state index in [-0.39, 0.29) is 11.9 Å². The van der Waals surface area contributed by atoms with Crippen LogP contribution in [0.2, 0.25) is 0 Å². The van der Waals surface area contributed by atoms with E-state index in [1.807, 2.05) is 12.1 Å². The van der Waals surface area contributed by atoms with Crippen LogP contribution in [0.15, 0.2) is 24.3 Å². The Hall–Kier alpha value is -0.540. The second-order valence-corrected chi connectivity index (χ2v) is 4.31. The summed E-state index contributed by atoms with van der Waals surface area (Å²) in [6, 6.07) is 7.11. The Labute approximate surface area is 88.9 Å². The molecule has 3 heteroatoms. The van der Waals surface area contributed by atoms with Crippen LogP contribution in [0.3, 0.4) is 0 Å². The van der Waals surface area contributed by atoms with Crippen LogP contribution in [0.25, 0.3) is 0 Å². The van der Waals surface area contributed by atoms with Crippen molar-refractivity contribution in [3.05, 3.63) is 35.6 Å². The van der Waals surface area contributed by atoms with Crippen molar-refractivity contribution in [1.82, 2.24) is 0 Å². The molecule has 0 aliphatic heterocycles. The molecule has 0 aliphatic rings. The average molecular weight is 213 g/mol. The van der Waals surface area contributed by atoms with Gasteiger partial charge in [0.25, 0.3) is 0 Å². The molecule has 1 unspecified atom stereocenters. The standard InChI is InChI=1S/C11H16FNS/c1-2-10(13)8-14-7-9-5-3-4-6-11(9)12/h3-6,10H,2,7-8,13H2,1H3. The molecule has 0 heterocycles. The summed E-state index contributed by atoms with van der Waals surface area (Å²) in [6.45, 7) is 2.06. The summed E-state index contributed by atoms with van der Waals surface area (Å²) < 4.78 is 13.2. The number of hydrogen-bond donors (Lipinski definition) is 1. The molecule has 1 aromatic rings. The molecule has 0 saturated heterocycles. The van der Waals surface area contributed by atoms with Gasteiger partial charge in [-0.2, -0.15) is 11.8 Å². The molecular formula is C11H16FNS. The molecule has 0 spiro atoms. The van der Waals surface area contributed by atoms with Gasteiger partial charge in [0, 0.05) is 17.5 Å². The zero-order valence-electron chi connectivity index (χ0n) is 8.37. The van der Waals surface area contributed by atoms with E-state index in [2.05, 4.69) is 6.92 Å². The second kappa shape index (κ2) is 6.04. The Bertz CT molecular complexity index is 278. The predicted molar refractivity (Wildman–Crippen MR) is 60.8 cm³/mol. The van der Waals surface area contributed by atoms with E-state index in [0.29, 0.717) is 5.75 Å². The highest BCUT2D eigenvalue weighted by Gasteiger charge is 2.02. The van der Waals surface area contributed by atoms with Crippen LogP contribution in [0.5, 0.6) is 0 Å². The molecule has 0 bridgehead atoms. The molecule has 78 valence electrons. The summed E-state index contributed by atoms with van der Waals surface area (Å²) in [5.41, 5.74) is 6.53. The molecule has 14 heavy (non-hydrogen) atoms. The van der Waals surface area contributed by atoms with Gasteiger partial charge in [0.15, 0.2) is 0 Å². The maximum atomic E-state index is 13.2. The highest BCUT2D eigenvalue weighted by Crippen LogP contribution is 2.16. The zero-order valence-corrected chi connectivity index (χ0v) is 9.19. The maximum Gasteiger partial charge on any atom is 0.127 e. The molecule has 0 amide bonds. The lowest BCUT2D eigenvalue weighted by Crippen LogP contribution is -2.21. The fraction of sp³-hybridized carbons (Fsp3) is 0.455. The van der Waals surface area contributed by atoms with E-state index in [4.69, 9.17) is 5.73 Å². The van der Waals surface area contributed by atoms with Crippen molar-refractivity contribution in [1.29, 1.82) is 0 Å². The summed E-state index contributed by atoms with van der Waals surface area (Å²) in [4.78, 5) is 0. The van der Waals surface area contributed by atoms with Crippen LogP contribution in [0.4, 0.5) is 4.39 Å². The summed E-state index contributed by atoms with van der Waals surface area (Å²) in [7, 11) is 0. The Morgan fingerprint density at radius 3 is 2.79 bits per heavy atom. The van der Waals surface area contributed by atoms with Crippen molar-refractivity contribution in [2.45, 2.75) is 25.1 Å².